The molecule has 1 atom stereocenters. The van der Waals surface area contributed by atoms with Crippen LogP contribution in [0.3, 0.4) is 0 Å². The van der Waals surface area contributed by atoms with Crippen molar-refractivity contribution in [1.29, 1.82) is 0 Å². The third-order valence-corrected chi connectivity index (χ3v) is 5.18. The molecule has 2 rings (SSSR count). The highest BCUT2D eigenvalue weighted by Crippen LogP contribution is 2.49. The SMILES string of the molecule is COP(=O)(O)OC(C)(C)CC(C)(C)c1ccc2ccccc2c1. The molecule has 0 aliphatic carbocycles. The maximum Gasteiger partial charge on any atom is 0.472 e. The van der Waals surface area contributed by atoms with Gasteiger partial charge < -0.3 is 4.89 Å². The molecule has 4 nitrogen and oxygen atoms in total. The fourth-order valence-electron chi connectivity index (χ4n) is 3.16. The number of hydrogen-bond acceptors (Lipinski definition) is 3. The van der Waals surface area contributed by atoms with Crippen molar-refractivity contribution < 1.29 is 18.5 Å². The summed E-state index contributed by atoms with van der Waals surface area (Å²) in [7, 11) is -2.84. The highest BCUT2D eigenvalue weighted by Gasteiger charge is 2.36. The molecule has 0 amide bonds. The van der Waals surface area contributed by atoms with E-state index in [4.69, 9.17) is 4.52 Å². The van der Waals surface area contributed by atoms with E-state index in [9.17, 15) is 9.46 Å². The molecule has 0 bridgehead atoms. The van der Waals surface area contributed by atoms with Crippen molar-refractivity contribution in [2.45, 2.75) is 45.1 Å². The molecule has 1 unspecified atom stereocenters. The van der Waals surface area contributed by atoms with Gasteiger partial charge in [-0.1, -0.05) is 56.3 Å². The predicted octanol–water partition coefficient (Wildman–Crippen LogP) is 5.05. The second kappa shape index (κ2) is 6.37. The Morgan fingerprint density at radius 2 is 1.65 bits per heavy atom. The van der Waals surface area contributed by atoms with Gasteiger partial charge in [0.1, 0.15) is 0 Å². The van der Waals surface area contributed by atoms with E-state index in [1.165, 1.54) is 17.9 Å². The minimum Gasteiger partial charge on any atom is -0.302 e. The monoisotopic (exact) mass is 336 g/mol. The van der Waals surface area contributed by atoms with Gasteiger partial charge in [-0.25, -0.2) is 4.57 Å². The van der Waals surface area contributed by atoms with Gasteiger partial charge in [0.2, 0.25) is 0 Å². The van der Waals surface area contributed by atoms with E-state index in [-0.39, 0.29) is 5.41 Å². The molecule has 2 aromatic rings. The van der Waals surface area contributed by atoms with E-state index in [0.717, 1.165) is 5.56 Å². The van der Waals surface area contributed by atoms with Crippen molar-refractivity contribution >= 4 is 18.6 Å². The van der Waals surface area contributed by atoms with Crippen LogP contribution in [-0.4, -0.2) is 17.6 Å². The Balaban J connectivity index is 2.27. The van der Waals surface area contributed by atoms with Gasteiger partial charge in [0.15, 0.2) is 0 Å². The molecule has 0 saturated heterocycles. The van der Waals surface area contributed by atoms with Gasteiger partial charge in [0.25, 0.3) is 0 Å². The lowest BCUT2D eigenvalue weighted by molar-refractivity contribution is 0.0352. The van der Waals surface area contributed by atoms with E-state index in [0.29, 0.717) is 6.42 Å². The lowest BCUT2D eigenvalue weighted by atomic mass is 9.76. The molecule has 0 radical (unpaired) electrons. The molecule has 1 N–H and O–H groups in total. The molecule has 0 aromatic heterocycles. The Bertz CT molecular complexity index is 737. The van der Waals surface area contributed by atoms with Crippen LogP contribution in [0.2, 0.25) is 0 Å². The van der Waals surface area contributed by atoms with Crippen molar-refractivity contribution in [2.75, 3.05) is 7.11 Å². The van der Waals surface area contributed by atoms with Crippen LogP contribution < -0.4 is 0 Å². The second-order valence-electron chi connectivity index (χ2n) is 7.12. The van der Waals surface area contributed by atoms with Gasteiger partial charge in [0.05, 0.1) is 5.60 Å². The first-order valence-electron chi connectivity index (χ1n) is 7.63. The molecular formula is C18H25O4P. The third kappa shape index (κ3) is 4.65. The molecule has 0 fully saturated rings. The summed E-state index contributed by atoms with van der Waals surface area (Å²) in [5.74, 6) is 0. The van der Waals surface area contributed by atoms with E-state index >= 15 is 0 Å². The molecule has 2 aromatic carbocycles. The molecular weight excluding hydrogens is 311 g/mol. The van der Waals surface area contributed by atoms with E-state index in [1.807, 2.05) is 12.1 Å². The summed E-state index contributed by atoms with van der Waals surface area (Å²) < 4.78 is 21.6. The summed E-state index contributed by atoms with van der Waals surface area (Å²) in [6.45, 7) is 7.82. The van der Waals surface area contributed by atoms with Crippen LogP contribution in [0.15, 0.2) is 42.5 Å². The number of fused-ring (bicyclic) bond motifs is 1. The van der Waals surface area contributed by atoms with Gasteiger partial charge in [-0.05, 0) is 42.0 Å². The number of rotatable bonds is 6. The van der Waals surface area contributed by atoms with Gasteiger partial charge in [-0.3, -0.25) is 9.05 Å². The largest absolute Gasteiger partial charge is 0.472 e. The van der Waals surface area contributed by atoms with Crippen molar-refractivity contribution in [3.8, 4) is 0 Å². The van der Waals surface area contributed by atoms with Gasteiger partial charge in [-0.2, -0.15) is 0 Å². The normalized spacial score (nSPS) is 15.6. The fraction of sp³-hybridized carbons (Fsp3) is 0.444. The van der Waals surface area contributed by atoms with Crippen molar-refractivity contribution in [3.63, 3.8) is 0 Å². The third-order valence-electron chi connectivity index (χ3n) is 3.99. The van der Waals surface area contributed by atoms with Crippen LogP contribution in [0.1, 0.15) is 39.7 Å². The molecule has 0 saturated carbocycles. The number of phosphoric acid groups is 1. The Morgan fingerprint density at radius 3 is 2.26 bits per heavy atom. The first kappa shape index (κ1) is 18.2. The highest BCUT2D eigenvalue weighted by molar-refractivity contribution is 7.47. The molecule has 0 heterocycles. The molecule has 0 aliphatic rings. The summed E-state index contributed by atoms with van der Waals surface area (Å²) in [5, 5.41) is 2.38. The van der Waals surface area contributed by atoms with Crippen LogP contribution in [-0.2, 0) is 19.0 Å². The van der Waals surface area contributed by atoms with Gasteiger partial charge >= 0.3 is 7.82 Å². The zero-order chi connectivity index (χ0) is 17.3. The second-order valence-corrected chi connectivity index (χ2v) is 8.61. The molecule has 23 heavy (non-hydrogen) atoms. The molecule has 126 valence electrons. The maximum atomic E-state index is 11.7. The highest BCUT2D eigenvalue weighted by atomic mass is 31.2. The van der Waals surface area contributed by atoms with Crippen LogP contribution in [0.25, 0.3) is 10.8 Å². The predicted molar refractivity (Wildman–Crippen MR) is 93.6 cm³/mol. The van der Waals surface area contributed by atoms with Crippen LogP contribution in [0.5, 0.6) is 0 Å². The maximum absolute atomic E-state index is 11.7. The first-order chi connectivity index (χ1) is 10.5. The quantitative estimate of drug-likeness (QED) is 0.750. The van der Waals surface area contributed by atoms with Crippen LogP contribution in [0.4, 0.5) is 0 Å². The fourth-order valence-corrected chi connectivity index (χ4v) is 3.92. The van der Waals surface area contributed by atoms with E-state index in [1.54, 1.807) is 13.8 Å². The summed E-state index contributed by atoms with van der Waals surface area (Å²) in [6.07, 6.45) is 0.576. The summed E-state index contributed by atoms with van der Waals surface area (Å²) >= 11 is 0. The molecule has 0 spiro atoms. The molecule has 5 heteroatoms. The topological polar surface area (TPSA) is 55.8 Å². The van der Waals surface area contributed by atoms with Crippen LogP contribution >= 0.6 is 7.82 Å². The zero-order valence-electron chi connectivity index (χ0n) is 14.4. The van der Waals surface area contributed by atoms with Crippen molar-refractivity contribution in [2.24, 2.45) is 0 Å². The lowest BCUT2D eigenvalue weighted by Gasteiger charge is -2.35. The Kier molecular flexibility index (Phi) is 5.03. The number of phosphoric ester groups is 1. The average molecular weight is 336 g/mol. The Labute approximate surface area is 138 Å². The van der Waals surface area contributed by atoms with Crippen molar-refractivity contribution in [1.82, 2.24) is 0 Å². The zero-order valence-corrected chi connectivity index (χ0v) is 15.3. The smallest absolute Gasteiger partial charge is 0.302 e. The summed E-state index contributed by atoms with van der Waals surface area (Å²) in [6, 6.07) is 14.6. The van der Waals surface area contributed by atoms with Gasteiger partial charge in [-0.15, -0.1) is 0 Å². The Morgan fingerprint density at radius 1 is 1.04 bits per heavy atom. The lowest BCUT2D eigenvalue weighted by Crippen LogP contribution is -2.33. The van der Waals surface area contributed by atoms with Gasteiger partial charge in [0, 0.05) is 7.11 Å². The minimum absolute atomic E-state index is 0.221. The number of benzene rings is 2. The standard InChI is InChI=1S/C18H25O4P/c1-17(2,13-18(3,4)22-23(19,20)21-5)16-11-10-14-8-6-7-9-15(14)12-16/h6-12H,13H2,1-5H3,(H,19,20). The van der Waals surface area contributed by atoms with Crippen molar-refractivity contribution in [3.05, 3.63) is 48.0 Å². The number of hydrogen-bond donors (Lipinski definition) is 1. The summed E-state index contributed by atoms with van der Waals surface area (Å²) in [5.41, 5.74) is 0.148. The van der Waals surface area contributed by atoms with E-state index in [2.05, 4.69) is 48.7 Å². The molecule has 0 aliphatic heterocycles. The minimum atomic E-state index is -4.01. The van der Waals surface area contributed by atoms with E-state index < -0.39 is 13.4 Å². The summed E-state index contributed by atoms with van der Waals surface area (Å²) in [4.78, 5) is 9.58. The van der Waals surface area contributed by atoms with Crippen LogP contribution in [0, 0.1) is 0 Å². The first-order valence-corrected chi connectivity index (χ1v) is 9.13. The average Bonchev–Trinajstić information content (AvgIpc) is 2.44. The Hall–Kier alpha value is -1.19.